The fourth-order valence-electron chi connectivity index (χ4n) is 6.14. The Morgan fingerprint density at radius 2 is 1.63 bits per heavy atom. The van der Waals surface area contributed by atoms with Gasteiger partial charge in [-0.15, -0.1) is 0 Å². The number of benzene rings is 2. The zero-order chi connectivity index (χ0) is 32.5. The molecule has 0 radical (unpaired) electrons. The van der Waals surface area contributed by atoms with Crippen LogP contribution in [0.5, 0.6) is 0 Å². The third-order valence-electron chi connectivity index (χ3n) is 8.45. The van der Waals surface area contributed by atoms with E-state index in [0.29, 0.717) is 13.1 Å². The highest BCUT2D eigenvalue weighted by molar-refractivity contribution is 5.83. The van der Waals surface area contributed by atoms with Gasteiger partial charge in [0.15, 0.2) is 5.65 Å². The fraction of sp³-hybridized carbons (Fsp3) is 0.486. The molecule has 246 valence electrons. The SMILES string of the molecule is Cc1nn2c(N3CCN(CCO)CC3)cc(-c3ccccc3)nc2c1-c1cccc(CCCCCCCNC(=O)OC(C)(C)C)c1. The molecule has 1 aliphatic heterocycles. The van der Waals surface area contributed by atoms with Gasteiger partial charge in [0.25, 0.3) is 0 Å². The molecule has 0 spiro atoms. The van der Waals surface area contributed by atoms with Gasteiger partial charge in [-0.1, -0.05) is 73.9 Å². The lowest BCUT2D eigenvalue weighted by atomic mass is 9.99. The van der Waals surface area contributed by atoms with Crippen LogP contribution in [0.25, 0.3) is 28.0 Å². The van der Waals surface area contributed by atoms with Gasteiger partial charge in [0.1, 0.15) is 11.4 Å². The molecule has 1 amide bonds. The molecule has 46 heavy (non-hydrogen) atoms. The number of aryl methyl sites for hydroxylation is 2. The van der Waals surface area contributed by atoms with E-state index in [0.717, 1.165) is 104 Å². The summed E-state index contributed by atoms with van der Waals surface area (Å²) in [5.41, 5.74) is 6.96. The number of rotatable bonds is 13. The Bertz CT molecular complexity index is 1570. The number of hydrogen-bond acceptors (Lipinski definition) is 7. The maximum atomic E-state index is 11.8. The van der Waals surface area contributed by atoms with Crippen LogP contribution in [0.3, 0.4) is 0 Å². The summed E-state index contributed by atoms with van der Waals surface area (Å²) >= 11 is 0. The van der Waals surface area contributed by atoms with E-state index in [1.807, 2.05) is 31.4 Å². The van der Waals surface area contributed by atoms with Crippen LogP contribution in [-0.2, 0) is 11.2 Å². The van der Waals surface area contributed by atoms with Crippen LogP contribution in [0, 0.1) is 6.92 Å². The second-order valence-electron chi connectivity index (χ2n) is 13.3. The number of carbonyl (C=O) groups excluding carboxylic acids is 1. The minimum absolute atomic E-state index is 0.188. The van der Waals surface area contributed by atoms with Gasteiger partial charge in [0, 0.05) is 56.5 Å². The largest absolute Gasteiger partial charge is 0.444 e. The van der Waals surface area contributed by atoms with Crippen molar-refractivity contribution in [1.29, 1.82) is 0 Å². The van der Waals surface area contributed by atoms with Crippen molar-refractivity contribution in [3.8, 4) is 22.4 Å². The number of nitrogens with zero attached hydrogens (tertiary/aromatic N) is 5. The summed E-state index contributed by atoms with van der Waals surface area (Å²) in [6.07, 6.45) is 6.16. The molecule has 4 aromatic rings. The van der Waals surface area contributed by atoms with E-state index < -0.39 is 5.60 Å². The van der Waals surface area contributed by atoms with Crippen LogP contribution >= 0.6 is 0 Å². The molecular formula is C37H50N6O3. The summed E-state index contributed by atoms with van der Waals surface area (Å²) in [6.45, 7) is 12.8. The van der Waals surface area contributed by atoms with Gasteiger partial charge in [-0.25, -0.2) is 9.78 Å². The highest BCUT2D eigenvalue weighted by Gasteiger charge is 2.23. The summed E-state index contributed by atoms with van der Waals surface area (Å²) in [5.74, 6) is 1.05. The molecule has 0 unspecified atom stereocenters. The van der Waals surface area contributed by atoms with Gasteiger partial charge in [-0.2, -0.15) is 9.61 Å². The smallest absolute Gasteiger partial charge is 0.407 e. The number of piperazine rings is 1. The van der Waals surface area contributed by atoms with E-state index in [9.17, 15) is 9.90 Å². The number of aliphatic hydroxyl groups excluding tert-OH is 1. The number of ether oxygens (including phenoxy) is 1. The Morgan fingerprint density at radius 1 is 0.913 bits per heavy atom. The maximum absolute atomic E-state index is 11.8. The highest BCUT2D eigenvalue weighted by atomic mass is 16.6. The number of aliphatic hydroxyl groups is 1. The first kappa shape index (κ1) is 33.4. The molecule has 9 nitrogen and oxygen atoms in total. The molecule has 2 aromatic heterocycles. The molecule has 9 heteroatoms. The second kappa shape index (κ2) is 15.6. The first-order valence-corrected chi connectivity index (χ1v) is 16.8. The molecule has 2 aromatic carbocycles. The van der Waals surface area contributed by atoms with Gasteiger partial charge in [-0.05, 0) is 58.1 Å². The summed E-state index contributed by atoms with van der Waals surface area (Å²) in [4.78, 5) is 21.7. The lowest BCUT2D eigenvalue weighted by molar-refractivity contribution is 0.0527. The number of amides is 1. The fourth-order valence-corrected chi connectivity index (χ4v) is 6.14. The van der Waals surface area contributed by atoms with Gasteiger partial charge >= 0.3 is 6.09 Å². The van der Waals surface area contributed by atoms with Crippen molar-refractivity contribution < 1.29 is 14.6 Å². The predicted molar refractivity (Wildman–Crippen MR) is 185 cm³/mol. The third-order valence-corrected chi connectivity index (χ3v) is 8.45. The minimum Gasteiger partial charge on any atom is -0.444 e. The molecule has 0 bridgehead atoms. The predicted octanol–water partition coefficient (Wildman–Crippen LogP) is 6.50. The van der Waals surface area contributed by atoms with Crippen molar-refractivity contribution in [3.05, 3.63) is 71.9 Å². The van der Waals surface area contributed by atoms with Crippen LogP contribution < -0.4 is 10.2 Å². The number of unbranched alkanes of at least 4 members (excludes halogenated alkanes) is 4. The Morgan fingerprint density at radius 3 is 2.37 bits per heavy atom. The molecule has 0 atom stereocenters. The van der Waals surface area contributed by atoms with Crippen molar-refractivity contribution in [3.63, 3.8) is 0 Å². The number of aromatic nitrogens is 3. The van der Waals surface area contributed by atoms with Gasteiger partial charge < -0.3 is 20.1 Å². The lowest BCUT2D eigenvalue weighted by Gasteiger charge is -2.35. The standard InChI is InChI=1S/C37H50N6O3/c1-28-34(31-18-13-15-29(26-31)14-9-6-5-7-12-19-38-36(45)46-37(2,3)4)35-39-32(30-16-10-8-11-17-30)27-33(43(35)40-28)42-22-20-41(21-23-42)24-25-44/h8,10-11,13,15-18,26-27,44H,5-7,9,12,14,19-25H2,1-4H3,(H,38,45). The van der Waals surface area contributed by atoms with E-state index in [1.54, 1.807) is 0 Å². The first-order chi connectivity index (χ1) is 22.2. The number of carbonyl (C=O) groups is 1. The number of hydrogen-bond donors (Lipinski definition) is 2. The number of anilines is 1. The lowest BCUT2D eigenvalue weighted by Crippen LogP contribution is -2.47. The Hall–Kier alpha value is -3.95. The molecule has 1 saturated heterocycles. The van der Waals surface area contributed by atoms with Gasteiger partial charge in [-0.3, -0.25) is 4.90 Å². The molecular weight excluding hydrogens is 576 g/mol. The van der Waals surface area contributed by atoms with Gasteiger partial charge in [0.05, 0.1) is 18.0 Å². The molecule has 2 N–H and O–H groups in total. The molecule has 1 aliphatic rings. The molecule has 3 heterocycles. The normalized spacial score (nSPS) is 14.2. The van der Waals surface area contributed by atoms with Crippen molar-refractivity contribution in [2.75, 3.05) is 50.8 Å². The van der Waals surface area contributed by atoms with Crippen molar-refractivity contribution in [1.82, 2.24) is 24.8 Å². The number of alkyl carbamates (subject to hydrolysis) is 1. The first-order valence-electron chi connectivity index (χ1n) is 16.8. The van der Waals surface area contributed by atoms with Crippen molar-refractivity contribution in [2.24, 2.45) is 0 Å². The molecule has 1 fully saturated rings. The Balaban J connectivity index is 1.27. The number of nitrogens with one attached hydrogen (secondary N) is 1. The van der Waals surface area contributed by atoms with Crippen LogP contribution in [-0.4, -0.2) is 82.2 Å². The quantitative estimate of drug-likeness (QED) is 0.164. The maximum Gasteiger partial charge on any atom is 0.407 e. The van der Waals surface area contributed by atoms with Crippen LogP contribution in [0.15, 0.2) is 60.7 Å². The monoisotopic (exact) mass is 626 g/mol. The zero-order valence-corrected chi connectivity index (χ0v) is 28.0. The van der Waals surface area contributed by atoms with Gasteiger partial charge in [0.2, 0.25) is 0 Å². The Labute approximate surface area is 273 Å². The van der Waals surface area contributed by atoms with E-state index in [-0.39, 0.29) is 12.7 Å². The average Bonchev–Trinajstić information content (AvgIpc) is 3.37. The number of fused-ring (bicyclic) bond motifs is 1. The van der Waals surface area contributed by atoms with E-state index in [4.69, 9.17) is 14.8 Å². The van der Waals surface area contributed by atoms with Crippen LogP contribution in [0.2, 0.25) is 0 Å². The molecule has 0 aliphatic carbocycles. The summed E-state index contributed by atoms with van der Waals surface area (Å²) in [6, 6.07) is 21.4. The summed E-state index contributed by atoms with van der Waals surface area (Å²) in [7, 11) is 0. The summed E-state index contributed by atoms with van der Waals surface area (Å²) in [5, 5.41) is 17.3. The van der Waals surface area contributed by atoms with Crippen molar-refractivity contribution >= 4 is 17.6 Å². The zero-order valence-electron chi connectivity index (χ0n) is 28.0. The average molecular weight is 627 g/mol. The number of β-amino-alcohol motifs (C(OH)–C–C–N with tert-alkyl or cyclic N) is 1. The molecule has 0 saturated carbocycles. The summed E-state index contributed by atoms with van der Waals surface area (Å²) < 4.78 is 7.33. The topological polar surface area (TPSA) is 95.2 Å². The second-order valence-corrected chi connectivity index (χ2v) is 13.3. The van der Waals surface area contributed by atoms with E-state index >= 15 is 0 Å². The van der Waals surface area contributed by atoms with E-state index in [1.165, 1.54) is 5.56 Å². The van der Waals surface area contributed by atoms with Crippen LogP contribution in [0.1, 0.15) is 64.1 Å². The Kier molecular flexibility index (Phi) is 11.3. The van der Waals surface area contributed by atoms with Crippen molar-refractivity contribution in [2.45, 2.75) is 71.8 Å². The molecule has 5 rings (SSSR count). The van der Waals surface area contributed by atoms with Crippen LogP contribution in [0.4, 0.5) is 10.6 Å². The minimum atomic E-state index is -0.465. The van der Waals surface area contributed by atoms with E-state index in [2.05, 4.69) is 76.6 Å². The highest BCUT2D eigenvalue weighted by Crippen LogP contribution is 2.33. The third kappa shape index (κ3) is 8.85.